The van der Waals surface area contributed by atoms with Crippen molar-refractivity contribution in [2.24, 2.45) is 9.98 Å². The smallest absolute Gasteiger partial charge is 0.251 e. The summed E-state index contributed by atoms with van der Waals surface area (Å²) >= 11 is 0. The quantitative estimate of drug-likeness (QED) is 0.460. The average molecular weight is 418 g/mol. The predicted molar refractivity (Wildman–Crippen MR) is 120 cm³/mol. The number of carbonyl (C=O) groups excluding carboxylic acids is 1. The molecule has 0 aliphatic heterocycles. The Balaban J connectivity index is 1.45. The van der Waals surface area contributed by atoms with Gasteiger partial charge in [0.2, 0.25) is 0 Å². The van der Waals surface area contributed by atoms with Gasteiger partial charge >= 0.3 is 0 Å². The lowest BCUT2D eigenvalue weighted by Gasteiger charge is -2.11. The third-order valence-electron chi connectivity index (χ3n) is 4.86. The van der Waals surface area contributed by atoms with Crippen LogP contribution in [0.25, 0.3) is 5.69 Å². The Morgan fingerprint density at radius 3 is 2.71 bits per heavy atom. The Kier molecular flexibility index (Phi) is 5.88. The van der Waals surface area contributed by atoms with Crippen LogP contribution in [0.4, 0.5) is 15.9 Å². The summed E-state index contributed by atoms with van der Waals surface area (Å²) in [5.74, 6) is 0.824. The first kappa shape index (κ1) is 20.5. The molecule has 2 aromatic carbocycles. The van der Waals surface area contributed by atoms with Crippen molar-refractivity contribution in [1.29, 1.82) is 0 Å². The maximum atomic E-state index is 13.1. The zero-order chi connectivity index (χ0) is 21.8. The summed E-state index contributed by atoms with van der Waals surface area (Å²) < 4.78 is 14.7. The van der Waals surface area contributed by atoms with Crippen molar-refractivity contribution in [1.82, 2.24) is 15.1 Å². The molecule has 1 aliphatic rings. The second kappa shape index (κ2) is 8.91. The highest BCUT2D eigenvalue weighted by Gasteiger charge is 2.23. The van der Waals surface area contributed by atoms with E-state index in [4.69, 9.17) is 0 Å². The molecule has 1 fully saturated rings. The number of aryl methyl sites for hydroxylation is 1. The fourth-order valence-corrected chi connectivity index (χ4v) is 2.97. The summed E-state index contributed by atoms with van der Waals surface area (Å²) in [5.41, 5.74) is 3.14. The van der Waals surface area contributed by atoms with Crippen LogP contribution in [0.2, 0.25) is 0 Å². The topological polar surface area (TPSA) is 83.7 Å². The van der Waals surface area contributed by atoms with Gasteiger partial charge in [0.15, 0.2) is 5.82 Å². The van der Waals surface area contributed by atoms with E-state index in [1.807, 2.05) is 32.0 Å². The van der Waals surface area contributed by atoms with Crippen LogP contribution in [0.3, 0.4) is 0 Å². The van der Waals surface area contributed by atoms with Crippen LogP contribution in [0.1, 0.15) is 35.7 Å². The molecule has 7 nitrogen and oxygen atoms in total. The van der Waals surface area contributed by atoms with E-state index in [1.54, 1.807) is 29.1 Å². The van der Waals surface area contributed by atoms with Crippen LogP contribution in [0.5, 0.6) is 0 Å². The Morgan fingerprint density at radius 1 is 1.19 bits per heavy atom. The minimum Gasteiger partial charge on any atom is -0.349 e. The molecule has 0 unspecified atom stereocenters. The molecule has 1 aromatic heterocycles. The summed E-state index contributed by atoms with van der Waals surface area (Å²) in [6.07, 6.45) is 5.15. The number of amides is 1. The lowest BCUT2D eigenvalue weighted by Crippen LogP contribution is -2.25. The standard InChI is InChI=1S/C23H23FN6O/c1-15-3-4-17(23(31)29-19-7-8-19)13-21(15)28-16(2)25-14-26-22-11-12-27-30(22)20-9-5-18(24)6-10-20/h3-6,9-14,19H,7-8H2,1-2H3,(H,29,31)(H,25,26,28). The molecule has 1 saturated carbocycles. The van der Waals surface area contributed by atoms with Crippen molar-refractivity contribution in [3.8, 4) is 5.69 Å². The molecule has 8 heteroatoms. The van der Waals surface area contributed by atoms with Crippen molar-refractivity contribution in [2.75, 3.05) is 5.32 Å². The number of anilines is 1. The van der Waals surface area contributed by atoms with Gasteiger partial charge in [0, 0.05) is 23.4 Å². The van der Waals surface area contributed by atoms with Gasteiger partial charge in [-0.25, -0.2) is 19.1 Å². The minimum absolute atomic E-state index is 0.0595. The summed E-state index contributed by atoms with van der Waals surface area (Å²) in [5, 5.41) is 10.4. The van der Waals surface area contributed by atoms with Crippen LogP contribution >= 0.6 is 0 Å². The molecule has 0 bridgehead atoms. The highest BCUT2D eigenvalue weighted by atomic mass is 19.1. The predicted octanol–water partition coefficient (Wildman–Crippen LogP) is 4.40. The van der Waals surface area contributed by atoms with E-state index < -0.39 is 0 Å². The molecule has 1 aliphatic carbocycles. The maximum absolute atomic E-state index is 13.1. The Morgan fingerprint density at radius 2 is 1.97 bits per heavy atom. The second-order valence-corrected chi connectivity index (χ2v) is 7.44. The van der Waals surface area contributed by atoms with E-state index in [2.05, 4.69) is 25.7 Å². The van der Waals surface area contributed by atoms with Crippen molar-refractivity contribution in [3.63, 3.8) is 0 Å². The van der Waals surface area contributed by atoms with E-state index in [-0.39, 0.29) is 11.7 Å². The maximum Gasteiger partial charge on any atom is 0.251 e. The first-order chi connectivity index (χ1) is 15.0. The van der Waals surface area contributed by atoms with Gasteiger partial charge in [-0.15, -0.1) is 0 Å². The molecule has 2 N–H and O–H groups in total. The monoisotopic (exact) mass is 418 g/mol. The lowest BCUT2D eigenvalue weighted by molar-refractivity contribution is 0.0951. The summed E-state index contributed by atoms with van der Waals surface area (Å²) in [7, 11) is 0. The SMILES string of the molecule is CC(=N/C=N\c1ccnn1-c1ccc(F)cc1)Nc1cc(C(=O)NC2CC2)ccc1C. The molecule has 0 saturated heterocycles. The number of nitrogens with one attached hydrogen (secondary N) is 2. The van der Waals surface area contributed by atoms with E-state index in [0.29, 0.717) is 28.9 Å². The fraction of sp³-hybridized carbons (Fsp3) is 0.217. The van der Waals surface area contributed by atoms with Crippen LogP contribution in [-0.2, 0) is 0 Å². The van der Waals surface area contributed by atoms with Gasteiger partial charge in [0.1, 0.15) is 18.0 Å². The van der Waals surface area contributed by atoms with Crippen LogP contribution in [0, 0.1) is 12.7 Å². The summed E-state index contributed by atoms with van der Waals surface area (Å²) in [6, 6.07) is 13.6. The van der Waals surface area contributed by atoms with Crippen LogP contribution in [-0.4, -0.2) is 33.9 Å². The van der Waals surface area contributed by atoms with E-state index >= 15 is 0 Å². The second-order valence-electron chi connectivity index (χ2n) is 7.44. The minimum atomic E-state index is -0.309. The molecule has 0 atom stereocenters. The van der Waals surface area contributed by atoms with Gasteiger partial charge < -0.3 is 10.6 Å². The van der Waals surface area contributed by atoms with Crippen molar-refractivity contribution < 1.29 is 9.18 Å². The molecule has 1 amide bonds. The molecule has 0 radical (unpaired) electrons. The fourth-order valence-electron chi connectivity index (χ4n) is 2.97. The first-order valence-electron chi connectivity index (χ1n) is 10.0. The number of hydrogen-bond acceptors (Lipinski definition) is 3. The van der Waals surface area contributed by atoms with E-state index in [1.165, 1.54) is 18.5 Å². The molecule has 31 heavy (non-hydrogen) atoms. The zero-order valence-electron chi connectivity index (χ0n) is 17.3. The Labute approximate surface area is 179 Å². The Hall–Kier alpha value is -3.81. The van der Waals surface area contributed by atoms with Crippen molar-refractivity contribution >= 4 is 29.6 Å². The number of hydrogen-bond donors (Lipinski definition) is 2. The van der Waals surface area contributed by atoms with Gasteiger partial charge in [-0.05, 0) is 68.7 Å². The van der Waals surface area contributed by atoms with Crippen molar-refractivity contribution in [2.45, 2.75) is 32.7 Å². The third kappa shape index (κ3) is 5.22. The van der Waals surface area contributed by atoms with Gasteiger partial charge in [-0.1, -0.05) is 6.07 Å². The summed E-state index contributed by atoms with van der Waals surface area (Å²) in [4.78, 5) is 21.0. The number of halogens is 1. The first-order valence-corrected chi connectivity index (χ1v) is 10.0. The van der Waals surface area contributed by atoms with Crippen LogP contribution in [0.15, 0.2) is 64.7 Å². The Bertz CT molecular complexity index is 1150. The van der Waals surface area contributed by atoms with Crippen LogP contribution < -0.4 is 10.6 Å². The molecule has 1 heterocycles. The highest BCUT2D eigenvalue weighted by molar-refractivity contribution is 6.00. The molecular weight excluding hydrogens is 395 g/mol. The largest absolute Gasteiger partial charge is 0.349 e. The van der Waals surface area contributed by atoms with Gasteiger partial charge in [-0.3, -0.25) is 4.79 Å². The summed E-state index contributed by atoms with van der Waals surface area (Å²) in [6.45, 7) is 3.78. The van der Waals surface area contributed by atoms with Gasteiger partial charge in [0.05, 0.1) is 11.9 Å². The number of aliphatic imine (C=N–C) groups is 2. The third-order valence-corrected chi connectivity index (χ3v) is 4.86. The van der Waals surface area contributed by atoms with E-state index in [0.717, 1.165) is 24.1 Å². The zero-order valence-corrected chi connectivity index (χ0v) is 17.3. The number of rotatable bonds is 6. The average Bonchev–Trinajstić information content (AvgIpc) is 3.44. The number of amidine groups is 1. The van der Waals surface area contributed by atoms with Gasteiger partial charge in [-0.2, -0.15) is 5.10 Å². The number of benzene rings is 2. The number of aromatic nitrogens is 2. The number of nitrogens with zero attached hydrogens (tertiary/aromatic N) is 4. The lowest BCUT2D eigenvalue weighted by atomic mass is 10.1. The molecule has 4 rings (SSSR count). The molecular formula is C23H23FN6O. The molecule has 0 spiro atoms. The van der Waals surface area contributed by atoms with Gasteiger partial charge in [0.25, 0.3) is 5.91 Å². The highest BCUT2D eigenvalue weighted by Crippen LogP contribution is 2.21. The molecule has 3 aromatic rings. The molecule has 158 valence electrons. The normalized spacial score (nSPS) is 14.1. The van der Waals surface area contributed by atoms with Crippen molar-refractivity contribution in [3.05, 3.63) is 71.7 Å². The number of carbonyl (C=O) groups is 1. The van der Waals surface area contributed by atoms with E-state index in [9.17, 15) is 9.18 Å².